The smallest absolute Gasteiger partial charge is 0.247 e. The summed E-state index contributed by atoms with van der Waals surface area (Å²) in [5.41, 5.74) is 2.36. The molecular weight excluding hydrogens is 403 g/mol. The highest BCUT2D eigenvalue weighted by molar-refractivity contribution is 5.89. The zero-order valence-electron chi connectivity index (χ0n) is 18.5. The van der Waals surface area contributed by atoms with E-state index < -0.39 is 6.04 Å². The fraction of sp³-hybridized carbons (Fsp3) is 0.259. The van der Waals surface area contributed by atoms with Gasteiger partial charge in [-0.3, -0.25) is 9.59 Å². The van der Waals surface area contributed by atoms with Crippen molar-refractivity contribution in [3.05, 3.63) is 107 Å². The molecule has 2 amide bonds. The number of nitrogens with zero attached hydrogens (tertiary/aromatic N) is 1. The Hall–Kier alpha value is -3.47. The molecule has 4 nitrogen and oxygen atoms in total. The van der Waals surface area contributed by atoms with Crippen LogP contribution in [0.25, 0.3) is 0 Å². The summed E-state index contributed by atoms with van der Waals surface area (Å²) in [6, 6.07) is 24.0. The van der Waals surface area contributed by atoms with Crippen LogP contribution in [0.5, 0.6) is 0 Å². The predicted molar refractivity (Wildman–Crippen MR) is 124 cm³/mol. The minimum absolute atomic E-state index is 0.169. The molecule has 3 rings (SSSR count). The molecule has 0 radical (unpaired) electrons. The van der Waals surface area contributed by atoms with Gasteiger partial charge < -0.3 is 10.2 Å². The van der Waals surface area contributed by atoms with Crippen molar-refractivity contribution in [3.63, 3.8) is 0 Å². The van der Waals surface area contributed by atoms with E-state index in [2.05, 4.69) is 5.32 Å². The number of carbonyl (C=O) groups is 2. The molecular formula is C27H29FN2O2. The predicted octanol–water partition coefficient (Wildman–Crippen LogP) is 4.91. The number of hydrogen-bond donors (Lipinski definition) is 1. The highest BCUT2D eigenvalue weighted by Crippen LogP contribution is 2.25. The van der Waals surface area contributed by atoms with Gasteiger partial charge in [-0.15, -0.1) is 0 Å². The van der Waals surface area contributed by atoms with Crippen molar-refractivity contribution < 1.29 is 14.0 Å². The van der Waals surface area contributed by atoms with Crippen molar-refractivity contribution in [1.29, 1.82) is 0 Å². The Kier molecular flexibility index (Phi) is 8.14. The summed E-state index contributed by atoms with van der Waals surface area (Å²) >= 11 is 0. The van der Waals surface area contributed by atoms with Crippen molar-refractivity contribution in [3.8, 4) is 0 Å². The molecule has 166 valence electrons. The second kappa shape index (κ2) is 11.2. The van der Waals surface area contributed by atoms with Gasteiger partial charge in [0.15, 0.2) is 0 Å². The van der Waals surface area contributed by atoms with Gasteiger partial charge in [-0.2, -0.15) is 0 Å². The fourth-order valence-electron chi connectivity index (χ4n) is 3.49. The second-order valence-corrected chi connectivity index (χ2v) is 8.26. The third-order valence-electron chi connectivity index (χ3n) is 5.14. The first-order valence-electron chi connectivity index (χ1n) is 10.8. The summed E-state index contributed by atoms with van der Waals surface area (Å²) in [5, 5.41) is 2.98. The van der Waals surface area contributed by atoms with Crippen LogP contribution in [0, 0.1) is 11.7 Å². The van der Waals surface area contributed by atoms with Gasteiger partial charge in [0.25, 0.3) is 0 Å². The molecule has 0 fully saturated rings. The van der Waals surface area contributed by atoms with Crippen molar-refractivity contribution in [2.24, 2.45) is 5.92 Å². The number of carbonyl (C=O) groups excluding carboxylic acids is 2. The standard InChI is InChI=1S/C27H29FN2O2/c1-20(2)18-29-27(32)26(23-11-7-4-8-12-23)30(19-22-13-15-24(28)16-14-22)25(31)17-21-9-5-3-6-10-21/h3-16,20,26H,17-19H2,1-2H3,(H,29,32)/t26-/m1/s1. The minimum Gasteiger partial charge on any atom is -0.354 e. The zero-order chi connectivity index (χ0) is 22.9. The highest BCUT2D eigenvalue weighted by Gasteiger charge is 2.31. The molecule has 0 aromatic heterocycles. The van der Waals surface area contributed by atoms with Gasteiger partial charge in [-0.25, -0.2) is 4.39 Å². The van der Waals surface area contributed by atoms with Crippen LogP contribution < -0.4 is 5.32 Å². The number of nitrogens with one attached hydrogen (secondary N) is 1. The van der Waals surface area contributed by atoms with Gasteiger partial charge in [0.2, 0.25) is 11.8 Å². The SMILES string of the molecule is CC(C)CNC(=O)[C@@H](c1ccccc1)N(Cc1ccc(F)cc1)C(=O)Cc1ccccc1. The van der Waals surface area contributed by atoms with E-state index in [-0.39, 0.29) is 36.5 Å². The van der Waals surface area contributed by atoms with Gasteiger partial charge in [-0.1, -0.05) is 86.6 Å². The molecule has 32 heavy (non-hydrogen) atoms. The van der Waals surface area contributed by atoms with Gasteiger partial charge in [0.1, 0.15) is 11.9 Å². The Morgan fingerprint density at radius 3 is 2.03 bits per heavy atom. The minimum atomic E-state index is -0.795. The van der Waals surface area contributed by atoms with Crippen molar-refractivity contribution >= 4 is 11.8 Å². The van der Waals surface area contributed by atoms with Gasteiger partial charge >= 0.3 is 0 Å². The average Bonchev–Trinajstić information content (AvgIpc) is 2.80. The maximum atomic E-state index is 13.5. The lowest BCUT2D eigenvalue weighted by molar-refractivity contribution is -0.141. The number of hydrogen-bond acceptors (Lipinski definition) is 2. The molecule has 0 heterocycles. The molecule has 5 heteroatoms. The van der Waals surface area contributed by atoms with Gasteiger partial charge in [0.05, 0.1) is 6.42 Å². The molecule has 0 aliphatic heterocycles. The van der Waals surface area contributed by atoms with Crippen LogP contribution in [-0.2, 0) is 22.6 Å². The molecule has 3 aromatic carbocycles. The lowest BCUT2D eigenvalue weighted by atomic mass is 10.0. The van der Waals surface area contributed by atoms with Crippen LogP contribution in [0.1, 0.15) is 36.6 Å². The monoisotopic (exact) mass is 432 g/mol. The fourth-order valence-corrected chi connectivity index (χ4v) is 3.49. The maximum absolute atomic E-state index is 13.5. The van der Waals surface area contributed by atoms with Gasteiger partial charge in [-0.05, 0) is 34.7 Å². The number of benzene rings is 3. The van der Waals surface area contributed by atoms with Crippen molar-refractivity contribution in [1.82, 2.24) is 10.2 Å². The Morgan fingerprint density at radius 2 is 1.44 bits per heavy atom. The first kappa shape index (κ1) is 23.2. The van der Waals surface area contributed by atoms with Crippen LogP contribution in [0.15, 0.2) is 84.9 Å². The Balaban J connectivity index is 1.97. The van der Waals surface area contributed by atoms with Crippen molar-refractivity contribution in [2.45, 2.75) is 32.9 Å². The molecule has 0 aliphatic carbocycles. The zero-order valence-corrected chi connectivity index (χ0v) is 18.5. The molecule has 1 atom stereocenters. The van der Waals surface area contributed by atoms with Crippen LogP contribution in [0.4, 0.5) is 4.39 Å². The normalized spacial score (nSPS) is 11.8. The number of rotatable bonds is 9. The van der Waals surface area contributed by atoms with Crippen LogP contribution >= 0.6 is 0 Å². The van der Waals surface area contributed by atoms with Gasteiger partial charge in [0, 0.05) is 13.1 Å². The number of amides is 2. The Labute approximate surface area is 189 Å². The Morgan fingerprint density at radius 1 is 0.844 bits per heavy atom. The summed E-state index contributed by atoms with van der Waals surface area (Å²) in [5.74, 6) is -0.464. The molecule has 1 N–H and O–H groups in total. The van der Waals surface area contributed by atoms with E-state index in [1.165, 1.54) is 12.1 Å². The van der Waals surface area contributed by atoms with Crippen molar-refractivity contribution in [2.75, 3.05) is 6.54 Å². The molecule has 0 unspecified atom stereocenters. The molecule has 0 saturated heterocycles. The maximum Gasteiger partial charge on any atom is 0.247 e. The second-order valence-electron chi connectivity index (χ2n) is 8.26. The molecule has 0 saturated carbocycles. The molecule has 0 bridgehead atoms. The van der Waals surface area contributed by atoms with E-state index in [1.807, 2.05) is 74.5 Å². The third-order valence-corrected chi connectivity index (χ3v) is 5.14. The summed E-state index contributed by atoms with van der Waals surface area (Å²) in [6.45, 7) is 4.75. The first-order chi connectivity index (χ1) is 15.4. The molecule has 0 aliphatic rings. The highest BCUT2D eigenvalue weighted by atomic mass is 19.1. The molecule has 3 aromatic rings. The van der Waals surface area contributed by atoms with Crippen LogP contribution in [0.3, 0.4) is 0 Å². The van der Waals surface area contributed by atoms with E-state index >= 15 is 0 Å². The summed E-state index contributed by atoms with van der Waals surface area (Å²) in [7, 11) is 0. The van der Waals surface area contributed by atoms with E-state index in [0.717, 1.165) is 16.7 Å². The third kappa shape index (κ3) is 6.51. The van der Waals surface area contributed by atoms with Crippen LogP contribution in [0.2, 0.25) is 0 Å². The quantitative estimate of drug-likeness (QED) is 0.522. The largest absolute Gasteiger partial charge is 0.354 e. The van der Waals surface area contributed by atoms with Crippen LogP contribution in [-0.4, -0.2) is 23.3 Å². The first-order valence-corrected chi connectivity index (χ1v) is 10.8. The lowest BCUT2D eigenvalue weighted by Gasteiger charge is -2.32. The molecule has 0 spiro atoms. The number of halogens is 1. The van der Waals surface area contributed by atoms with E-state index in [9.17, 15) is 14.0 Å². The topological polar surface area (TPSA) is 49.4 Å². The van der Waals surface area contributed by atoms with E-state index in [0.29, 0.717) is 6.54 Å². The summed E-state index contributed by atoms with van der Waals surface area (Å²) in [6.07, 6.45) is 0.169. The van der Waals surface area contributed by atoms with E-state index in [1.54, 1.807) is 17.0 Å². The Bertz CT molecular complexity index is 1000. The summed E-state index contributed by atoms with van der Waals surface area (Å²) in [4.78, 5) is 28.4. The lowest BCUT2D eigenvalue weighted by Crippen LogP contribution is -2.44. The summed E-state index contributed by atoms with van der Waals surface area (Å²) < 4.78 is 13.5. The average molecular weight is 433 g/mol. The van der Waals surface area contributed by atoms with E-state index in [4.69, 9.17) is 0 Å².